The molecule has 0 amide bonds. The zero-order chi connectivity index (χ0) is 15.4. The topological polar surface area (TPSA) is 39.1 Å². The van der Waals surface area contributed by atoms with Gasteiger partial charge in [0.2, 0.25) is 5.88 Å². The first-order valence-corrected chi connectivity index (χ1v) is 7.52. The molecule has 2 aromatic rings. The normalized spacial score (nSPS) is 11.1. The van der Waals surface area contributed by atoms with Crippen LogP contribution in [-0.4, -0.2) is 16.3 Å². The summed E-state index contributed by atoms with van der Waals surface area (Å²) < 4.78 is 7.73. The highest BCUT2D eigenvalue weighted by molar-refractivity contribution is 6.32. The molecule has 0 saturated carbocycles. The van der Waals surface area contributed by atoms with Crippen molar-refractivity contribution in [3.8, 4) is 11.6 Å². The van der Waals surface area contributed by atoms with E-state index in [9.17, 15) is 0 Å². The molecule has 1 aromatic heterocycles. The lowest BCUT2D eigenvalue weighted by Gasteiger charge is -2.11. The van der Waals surface area contributed by atoms with Gasteiger partial charge in [-0.1, -0.05) is 37.6 Å². The van der Waals surface area contributed by atoms with E-state index in [0.29, 0.717) is 16.7 Å². The molecule has 114 valence electrons. The first kappa shape index (κ1) is 15.9. The van der Waals surface area contributed by atoms with Crippen LogP contribution in [0.4, 0.5) is 0 Å². The smallest absolute Gasteiger partial charge is 0.222 e. The van der Waals surface area contributed by atoms with Crippen molar-refractivity contribution in [3.05, 3.63) is 40.5 Å². The van der Waals surface area contributed by atoms with Gasteiger partial charge in [0.15, 0.2) is 0 Å². The standard InChI is InChI=1S/C16H22ClN3O/c1-11(2)9-18-10-13-12(3)19-20(4)16(13)21-15-8-6-5-7-14(15)17/h5-8,11,18H,9-10H2,1-4H3. The van der Waals surface area contributed by atoms with Gasteiger partial charge < -0.3 is 10.1 Å². The van der Waals surface area contributed by atoms with Crippen molar-refractivity contribution in [1.29, 1.82) is 0 Å². The highest BCUT2D eigenvalue weighted by Crippen LogP contribution is 2.31. The van der Waals surface area contributed by atoms with E-state index in [1.54, 1.807) is 4.68 Å². The SMILES string of the molecule is Cc1nn(C)c(Oc2ccccc2Cl)c1CNCC(C)C. The minimum atomic E-state index is 0.595. The van der Waals surface area contributed by atoms with E-state index in [1.165, 1.54) is 0 Å². The van der Waals surface area contributed by atoms with Crippen LogP contribution in [0.1, 0.15) is 25.1 Å². The Bertz CT molecular complexity index is 608. The summed E-state index contributed by atoms with van der Waals surface area (Å²) in [4.78, 5) is 0. The van der Waals surface area contributed by atoms with Gasteiger partial charge in [-0.05, 0) is 31.5 Å². The second kappa shape index (κ2) is 6.96. The van der Waals surface area contributed by atoms with Gasteiger partial charge in [-0.2, -0.15) is 5.10 Å². The molecule has 21 heavy (non-hydrogen) atoms. The Hall–Kier alpha value is -1.52. The van der Waals surface area contributed by atoms with Crippen molar-refractivity contribution in [3.63, 3.8) is 0 Å². The summed E-state index contributed by atoms with van der Waals surface area (Å²) in [6.45, 7) is 8.05. The van der Waals surface area contributed by atoms with Gasteiger partial charge in [0.05, 0.1) is 16.3 Å². The molecule has 0 aliphatic rings. The third-order valence-electron chi connectivity index (χ3n) is 3.19. The van der Waals surface area contributed by atoms with E-state index in [1.807, 2.05) is 38.2 Å². The number of para-hydroxylation sites is 1. The number of hydrogen-bond donors (Lipinski definition) is 1. The molecule has 0 radical (unpaired) electrons. The highest BCUT2D eigenvalue weighted by Gasteiger charge is 2.16. The summed E-state index contributed by atoms with van der Waals surface area (Å²) in [6, 6.07) is 7.46. The van der Waals surface area contributed by atoms with Gasteiger partial charge >= 0.3 is 0 Å². The quantitative estimate of drug-likeness (QED) is 0.879. The summed E-state index contributed by atoms with van der Waals surface area (Å²) in [5.74, 6) is 1.99. The molecule has 4 nitrogen and oxygen atoms in total. The van der Waals surface area contributed by atoms with Crippen LogP contribution in [-0.2, 0) is 13.6 Å². The molecule has 1 aromatic carbocycles. The number of rotatable bonds is 6. The van der Waals surface area contributed by atoms with Gasteiger partial charge in [0.25, 0.3) is 0 Å². The first-order chi connectivity index (χ1) is 9.99. The number of halogens is 1. The molecule has 2 rings (SSSR count). The minimum Gasteiger partial charge on any atom is -0.437 e. The van der Waals surface area contributed by atoms with Crippen LogP contribution in [0.15, 0.2) is 24.3 Å². The molecule has 1 N–H and O–H groups in total. The van der Waals surface area contributed by atoms with Crippen LogP contribution in [0.3, 0.4) is 0 Å². The predicted octanol–water partition coefficient (Wildman–Crippen LogP) is 3.92. The van der Waals surface area contributed by atoms with E-state index in [-0.39, 0.29) is 0 Å². The number of aryl methyl sites for hydroxylation is 2. The Balaban J connectivity index is 2.20. The predicted molar refractivity (Wildman–Crippen MR) is 86.0 cm³/mol. The maximum atomic E-state index is 6.16. The average molecular weight is 308 g/mol. The Kier molecular flexibility index (Phi) is 5.26. The van der Waals surface area contributed by atoms with Crippen LogP contribution in [0.5, 0.6) is 11.6 Å². The van der Waals surface area contributed by atoms with Crippen molar-refractivity contribution in [2.45, 2.75) is 27.3 Å². The maximum absolute atomic E-state index is 6.16. The van der Waals surface area contributed by atoms with Gasteiger partial charge in [-0.3, -0.25) is 0 Å². The molecular formula is C16H22ClN3O. The minimum absolute atomic E-state index is 0.595. The zero-order valence-corrected chi connectivity index (χ0v) is 13.7. The Labute approximate surface area is 131 Å². The summed E-state index contributed by atoms with van der Waals surface area (Å²) in [5, 5.41) is 8.47. The first-order valence-electron chi connectivity index (χ1n) is 7.14. The van der Waals surface area contributed by atoms with Crippen molar-refractivity contribution in [2.24, 2.45) is 13.0 Å². The largest absolute Gasteiger partial charge is 0.437 e. The summed E-state index contributed by atoms with van der Waals surface area (Å²) >= 11 is 6.16. The van der Waals surface area contributed by atoms with Crippen LogP contribution >= 0.6 is 11.6 Å². The lowest BCUT2D eigenvalue weighted by molar-refractivity contribution is 0.423. The van der Waals surface area contributed by atoms with E-state index in [0.717, 1.165) is 30.2 Å². The molecule has 0 unspecified atom stereocenters. The summed E-state index contributed by atoms with van der Waals surface area (Å²) in [6.07, 6.45) is 0. The molecule has 5 heteroatoms. The molecule has 0 aliphatic heterocycles. The second-order valence-electron chi connectivity index (χ2n) is 5.55. The molecule has 0 spiro atoms. The van der Waals surface area contributed by atoms with Gasteiger partial charge in [0.1, 0.15) is 5.75 Å². The average Bonchev–Trinajstić information content (AvgIpc) is 2.67. The molecule has 0 bridgehead atoms. The number of hydrogen-bond acceptors (Lipinski definition) is 3. The van der Waals surface area contributed by atoms with Gasteiger partial charge in [-0.25, -0.2) is 4.68 Å². The number of nitrogens with one attached hydrogen (secondary N) is 1. The fourth-order valence-electron chi connectivity index (χ4n) is 2.13. The fraction of sp³-hybridized carbons (Fsp3) is 0.438. The molecular weight excluding hydrogens is 286 g/mol. The molecule has 1 heterocycles. The van der Waals surface area contributed by atoms with Crippen molar-refractivity contribution < 1.29 is 4.74 Å². The van der Waals surface area contributed by atoms with Crippen molar-refractivity contribution >= 4 is 11.6 Å². The fourth-order valence-corrected chi connectivity index (χ4v) is 2.30. The monoisotopic (exact) mass is 307 g/mol. The Morgan fingerprint density at radius 1 is 1.33 bits per heavy atom. The second-order valence-corrected chi connectivity index (χ2v) is 5.96. The number of aromatic nitrogens is 2. The van der Waals surface area contributed by atoms with E-state index < -0.39 is 0 Å². The highest BCUT2D eigenvalue weighted by atomic mass is 35.5. The molecule has 0 atom stereocenters. The lowest BCUT2D eigenvalue weighted by Crippen LogP contribution is -2.19. The number of ether oxygens (including phenoxy) is 1. The Morgan fingerprint density at radius 2 is 2.05 bits per heavy atom. The maximum Gasteiger partial charge on any atom is 0.222 e. The zero-order valence-electron chi connectivity index (χ0n) is 13.0. The van der Waals surface area contributed by atoms with Gasteiger partial charge in [-0.15, -0.1) is 0 Å². The van der Waals surface area contributed by atoms with Crippen LogP contribution in [0.2, 0.25) is 5.02 Å². The molecule has 0 saturated heterocycles. The summed E-state index contributed by atoms with van der Waals surface area (Å²) in [7, 11) is 1.88. The third-order valence-corrected chi connectivity index (χ3v) is 3.50. The molecule has 0 fully saturated rings. The van der Waals surface area contributed by atoms with E-state index in [2.05, 4.69) is 24.3 Å². The van der Waals surface area contributed by atoms with E-state index in [4.69, 9.17) is 16.3 Å². The third kappa shape index (κ3) is 3.99. The van der Waals surface area contributed by atoms with E-state index >= 15 is 0 Å². The Morgan fingerprint density at radius 3 is 2.71 bits per heavy atom. The van der Waals surface area contributed by atoms with Crippen LogP contribution in [0.25, 0.3) is 0 Å². The van der Waals surface area contributed by atoms with Crippen molar-refractivity contribution in [2.75, 3.05) is 6.54 Å². The van der Waals surface area contributed by atoms with Crippen LogP contribution in [0, 0.1) is 12.8 Å². The number of benzene rings is 1. The number of nitrogens with zero attached hydrogens (tertiary/aromatic N) is 2. The van der Waals surface area contributed by atoms with Crippen LogP contribution < -0.4 is 10.1 Å². The lowest BCUT2D eigenvalue weighted by atomic mass is 10.2. The van der Waals surface area contributed by atoms with Crippen molar-refractivity contribution in [1.82, 2.24) is 15.1 Å². The summed E-state index contributed by atoms with van der Waals surface area (Å²) in [5.41, 5.74) is 2.04. The van der Waals surface area contributed by atoms with Gasteiger partial charge in [0, 0.05) is 13.6 Å². The molecule has 0 aliphatic carbocycles.